The number of benzene rings is 1. The molecule has 0 unspecified atom stereocenters. The molecule has 1 aliphatic carbocycles. The first-order chi connectivity index (χ1) is 7.77. The summed E-state index contributed by atoms with van der Waals surface area (Å²) in [4.78, 5) is 11.9. The highest BCUT2D eigenvalue weighted by Gasteiger charge is 2.10. The Bertz CT molecular complexity index is 463. The van der Waals surface area contributed by atoms with E-state index in [2.05, 4.69) is 5.32 Å². The first-order valence-corrected chi connectivity index (χ1v) is 5.41. The molecule has 1 aromatic carbocycles. The minimum Gasteiger partial charge on any atom is -0.322 e. The number of amides is 1. The lowest BCUT2D eigenvalue weighted by atomic mass is 10.1. The van der Waals surface area contributed by atoms with Crippen LogP contribution in [-0.4, -0.2) is 5.91 Å². The van der Waals surface area contributed by atoms with Crippen LogP contribution in [0.3, 0.4) is 0 Å². The molecule has 0 heterocycles. The predicted octanol–water partition coefficient (Wildman–Crippen LogP) is 3.12. The minimum atomic E-state index is -0.177. The summed E-state index contributed by atoms with van der Waals surface area (Å²) in [5.41, 5.74) is 1.31. The van der Waals surface area contributed by atoms with Gasteiger partial charge in [-0.05, 0) is 31.1 Å². The SMILES string of the molecule is O=C(NC1=CC[CH]C=C1)c1ccccc1Cl. The Morgan fingerprint density at radius 2 is 2.12 bits per heavy atom. The van der Waals surface area contributed by atoms with E-state index in [4.69, 9.17) is 11.6 Å². The average molecular weight is 233 g/mol. The molecular formula is C13H11ClNO. The second-order valence-corrected chi connectivity index (χ2v) is 3.83. The molecule has 1 aromatic rings. The summed E-state index contributed by atoms with van der Waals surface area (Å²) in [6.45, 7) is 0. The van der Waals surface area contributed by atoms with Crippen LogP contribution in [0.2, 0.25) is 5.02 Å². The normalized spacial score (nSPS) is 14.4. The molecular weight excluding hydrogens is 222 g/mol. The van der Waals surface area contributed by atoms with Crippen molar-refractivity contribution in [3.8, 4) is 0 Å². The van der Waals surface area contributed by atoms with E-state index in [0.29, 0.717) is 10.6 Å². The second kappa shape index (κ2) is 4.99. The fourth-order valence-corrected chi connectivity index (χ4v) is 1.67. The predicted molar refractivity (Wildman–Crippen MR) is 65.1 cm³/mol. The highest BCUT2D eigenvalue weighted by molar-refractivity contribution is 6.33. The van der Waals surface area contributed by atoms with Gasteiger partial charge in [0.1, 0.15) is 0 Å². The van der Waals surface area contributed by atoms with Crippen LogP contribution in [0.25, 0.3) is 0 Å². The van der Waals surface area contributed by atoms with Crippen LogP contribution in [0.15, 0.2) is 48.2 Å². The van der Waals surface area contributed by atoms with Gasteiger partial charge >= 0.3 is 0 Å². The topological polar surface area (TPSA) is 29.1 Å². The monoisotopic (exact) mass is 232 g/mol. The van der Waals surface area contributed by atoms with Gasteiger partial charge in [0.2, 0.25) is 0 Å². The first-order valence-electron chi connectivity index (χ1n) is 5.03. The van der Waals surface area contributed by atoms with Crippen LogP contribution >= 0.6 is 11.6 Å². The Balaban J connectivity index is 2.12. The van der Waals surface area contributed by atoms with Gasteiger partial charge in [-0.1, -0.05) is 35.9 Å². The summed E-state index contributed by atoms with van der Waals surface area (Å²) in [5.74, 6) is -0.177. The van der Waals surface area contributed by atoms with E-state index in [1.807, 2.05) is 24.6 Å². The molecule has 81 valence electrons. The van der Waals surface area contributed by atoms with E-state index in [1.54, 1.807) is 24.3 Å². The molecule has 2 nitrogen and oxygen atoms in total. The molecule has 0 saturated carbocycles. The van der Waals surface area contributed by atoms with Crippen molar-refractivity contribution in [2.24, 2.45) is 0 Å². The lowest BCUT2D eigenvalue weighted by molar-refractivity contribution is 0.0967. The van der Waals surface area contributed by atoms with E-state index < -0.39 is 0 Å². The Morgan fingerprint density at radius 1 is 1.31 bits per heavy atom. The number of carbonyl (C=O) groups excluding carboxylic acids is 1. The lowest BCUT2D eigenvalue weighted by Gasteiger charge is -2.09. The van der Waals surface area contributed by atoms with Crippen molar-refractivity contribution in [3.63, 3.8) is 0 Å². The van der Waals surface area contributed by atoms with Gasteiger partial charge < -0.3 is 5.32 Å². The Labute approximate surface area is 99.6 Å². The molecule has 16 heavy (non-hydrogen) atoms. The van der Waals surface area contributed by atoms with Crippen molar-refractivity contribution in [2.45, 2.75) is 6.42 Å². The molecule has 0 fully saturated rings. The Kier molecular flexibility index (Phi) is 3.42. The largest absolute Gasteiger partial charge is 0.322 e. The molecule has 0 bridgehead atoms. The zero-order valence-corrected chi connectivity index (χ0v) is 9.37. The summed E-state index contributed by atoms with van der Waals surface area (Å²) in [6, 6.07) is 7.00. The maximum absolute atomic E-state index is 11.9. The maximum Gasteiger partial charge on any atom is 0.257 e. The van der Waals surface area contributed by atoms with Gasteiger partial charge in [-0.15, -0.1) is 0 Å². The van der Waals surface area contributed by atoms with E-state index >= 15 is 0 Å². The third-order valence-electron chi connectivity index (χ3n) is 2.26. The van der Waals surface area contributed by atoms with Gasteiger partial charge in [0.15, 0.2) is 0 Å². The fourth-order valence-electron chi connectivity index (χ4n) is 1.45. The van der Waals surface area contributed by atoms with E-state index in [9.17, 15) is 4.79 Å². The number of nitrogens with one attached hydrogen (secondary N) is 1. The van der Waals surface area contributed by atoms with Crippen LogP contribution in [-0.2, 0) is 0 Å². The highest BCUT2D eigenvalue weighted by Crippen LogP contribution is 2.15. The van der Waals surface area contributed by atoms with Crippen LogP contribution in [0.1, 0.15) is 16.8 Å². The van der Waals surface area contributed by atoms with Gasteiger partial charge in [0.05, 0.1) is 10.6 Å². The Morgan fingerprint density at radius 3 is 2.81 bits per heavy atom. The average Bonchev–Trinajstić information content (AvgIpc) is 2.31. The molecule has 3 heteroatoms. The van der Waals surface area contributed by atoms with Crippen LogP contribution in [0, 0.1) is 6.42 Å². The summed E-state index contributed by atoms with van der Waals surface area (Å²) in [7, 11) is 0. The van der Waals surface area contributed by atoms with E-state index in [-0.39, 0.29) is 5.91 Å². The molecule has 0 aliphatic heterocycles. The molecule has 0 saturated heterocycles. The van der Waals surface area contributed by atoms with Crippen LogP contribution in [0.5, 0.6) is 0 Å². The molecule has 1 amide bonds. The highest BCUT2D eigenvalue weighted by atomic mass is 35.5. The summed E-state index contributed by atoms with van der Waals surface area (Å²) >= 11 is 5.93. The molecule has 0 atom stereocenters. The van der Waals surface area contributed by atoms with Crippen molar-refractivity contribution in [3.05, 3.63) is 65.2 Å². The molecule has 1 aliphatic rings. The van der Waals surface area contributed by atoms with E-state index in [1.165, 1.54) is 0 Å². The van der Waals surface area contributed by atoms with Gasteiger partial charge in [-0.25, -0.2) is 0 Å². The molecule has 2 rings (SSSR count). The first kappa shape index (κ1) is 11.0. The zero-order valence-electron chi connectivity index (χ0n) is 8.61. The number of hydrogen-bond donors (Lipinski definition) is 1. The third-order valence-corrected chi connectivity index (χ3v) is 2.59. The quantitative estimate of drug-likeness (QED) is 0.834. The van der Waals surface area contributed by atoms with Gasteiger partial charge in [0, 0.05) is 5.70 Å². The fraction of sp³-hybridized carbons (Fsp3) is 0.0769. The molecule has 1 radical (unpaired) electrons. The summed E-state index contributed by atoms with van der Waals surface area (Å²) in [6.07, 6.45) is 8.59. The smallest absolute Gasteiger partial charge is 0.257 e. The summed E-state index contributed by atoms with van der Waals surface area (Å²) in [5, 5.41) is 3.27. The molecule has 0 spiro atoms. The lowest BCUT2D eigenvalue weighted by Crippen LogP contribution is -2.22. The van der Waals surface area contributed by atoms with E-state index in [0.717, 1.165) is 12.1 Å². The molecule has 1 N–H and O–H groups in total. The maximum atomic E-state index is 11.9. The van der Waals surface area contributed by atoms with Crippen molar-refractivity contribution in [1.29, 1.82) is 0 Å². The number of hydrogen-bond acceptors (Lipinski definition) is 1. The summed E-state index contributed by atoms with van der Waals surface area (Å²) < 4.78 is 0. The van der Waals surface area contributed by atoms with Crippen molar-refractivity contribution in [2.75, 3.05) is 0 Å². The Hall–Kier alpha value is -1.54. The van der Waals surface area contributed by atoms with Crippen molar-refractivity contribution >= 4 is 17.5 Å². The number of allylic oxidation sites excluding steroid dienone is 3. The minimum absolute atomic E-state index is 0.177. The van der Waals surface area contributed by atoms with Crippen LogP contribution in [0.4, 0.5) is 0 Å². The number of halogens is 1. The van der Waals surface area contributed by atoms with Crippen molar-refractivity contribution < 1.29 is 4.79 Å². The zero-order chi connectivity index (χ0) is 11.4. The molecule has 0 aromatic heterocycles. The van der Waals surface area contributed by atoms with Crippen molar-refractivity contribution in [1.82, 2.24) is 5.32 Å². The number of carbonyl (C=O) groups is 1. The van der Waals surface area contributed by atoms with Crippen LogP contribution < -0.4 is 5.32 Å². The number of rotatable bonds is 2. The standard InChI is InChI=1S/C13H11ClNO/c14-12-9-5-4-8-11(12)13(16)15-10-6-2-1-3-7-10/h1-2,4-9H,3H2,(H,15,16). The van der Waals surface area contributed by atoms with Gasteiger partial charge in [-0.2, -0.15) is 0 Å². The van der Waals surface area contributed by atoms with Gasteiger partial charge in [0.25, 0.3) is 5.91 Å². The van der Waals surface area contributed by atoms with Gasteiger partial charge in [-0.3, -0.25) is 4.79 Å². The second-order valence-electron chi connectivity index (χ2n) is 3.42. The third kappa shape index (κ3) is 2.52.